The molecule has 2 rings (SSSR count). The molecule has 2 nitrogen and oxygen atoms in total. The van der Waals surface area contributed by atoms with Crippen LogP contribution in [0.2, 0.25) is 5.02 Å². The van der Waals surface area contributed by atoms with Crippen LogP contribution in [0.1, 0.15) is 28.5 Å². The molecule has 0 amide bonds. The average molecular weight is 273 g/mol. The summed E-state index contributed by atoms with van der Waals surface area (Å²) in [6.07, 6.45) is 0. The topological polar surface area (TPSA) is 24.9 Å². The van der Waals surface area contributed by atoms with Gasteiger partial charge in [-0.25, -0.2) is 4.98 Å². The van der Waals surface area contributed by atoms with Crippen molar-refractivity contribution in [2.24, 2.45) is 0 Å². The molecule has 86 valence electrons. The van der Waals surface area contributed by atoms with Gasteiger partial charge in [0, 0.05) is 27.9 Å². The van der Waals surface area contributed by atoms with E-state index >= 15 is 0 Å². The van der Waals surface area contributed by atoms with E-state index in [4.69, 9.17) is 11.6 Å². The van der Waals surface area contributed by atoms with Gasteiger partial charge in [-0.05, 0) is 19.9 Å². The Hall–Kier alpha value is -0.420. The maximum absolute atomic E-state index is 5.87. The summed E-state index contributed by atoms with van der Waals surface area (Å²) in [5.41, 5.74) is 1.09. The average Bonchev–Trinajstić information content (AvgIpc) is 2.84. The molecule has 16 heavy (non-hydrogen) atoms. The first kappa shape index (κ1) is 12.0. The number of halogens is 1. The summed E-state index contributed by atoms with van der Waals surface area (Å²) in [5.74, 6) is 0. The van der Waals surface area contributed by atoms with Crippen molar-refractivity contribution in [3.63, 3.8) is 0 Å². The van der Waals surface area contributed by atoms with Crippen LogP contribution >= 0.6 is 34.3 Å². The fraction of sp³-hybridized carbons (Fsp3) is 0.364. The zero-order chi connectivity index (χ0) is 11.5. The Balaban J connectivity index is 1.91. The normalized spacial score (nSPS) is 12.9. The Labute approximate surface area is 108 Å². The van der Waals surface area contributed by atoms with Gasteiger partial charge < -0.3 is 5.32 Å². The first-order valence-electron chi connectivity index (χ1n) is 5.03. The van der Waals surface area contributed by atoms with Gasteiger partial charge in [-0.15, -0.1) is 22.7 Å². The summed E-state index contributed by atoms with van der Waals surface area (Å²) in [7, 11) is 0. The number of thiophene rings is 1. The lowest BCUT2D eigenvalue weighted by Crippen LogP contribution is -2.17. The lowest BCUT2D eigenvalue weighted by molar-refractivity contribution is 0.575. The third-order valence-corrected chi connectivity index (χ3v) is 4.64. The van der Waals surface area contributed by atoms with E-state index in [0.717, 1.165) is 22.3 Å². The van der Waals surface area contributed by atoms with Gasteiger partial charge in [0.25, 0.3) is 0 Å². The van der Waals surface area contributed by atoms with Crippen LogP contribution in [0.4, 0.5) is 0 Å². The van der Waals surface area contributed by atoms with E-state index in [1.54, 1.807) is 22.7 Å². The van der Waals surface area contributed by atoms with Crippen LogP contribution in [0, 0.1) is 6.92 Å². The molecule has 0 aliphatic carbocycles. The minimum atomic E-state index is 0.291. The van der Waals surface area contributed by atoms with Crippen molar-refractivity contribution in [3.05, 3.63) is 37.4 Å². The molecule has 1 N–H and O–H groups in total. The lowest BCUT2D eigenvalue weighted by Gasteiger charge is -2.09. The Kier molecular flexibility index (Phi) is 3.97. The van der Waals surface area contributed by atoms with Gasteiger partial charge in [-0.3, -0.25) is 0 Å². The van der Waals surface area contributed by atoms with Crippen molar-refractivity contribution >= 4 is 34.3 Å². The number of aromatic nitrogens is 1. The maximum Gasteiger partial charge on any atom is 0.110 e. The van der Waals surface area contributed by atoms with Crippen molar-refractivity contribution in [2.45, 2.75) is 26.4 Å². The van der Waals surface area contributed by atoms with Crippen LogP contribution in [-0.2, 0) is 6.54 Å². The molecule has 0 saturated heterocycles. The van der Waals surface area contributed by atoms with Gasteiger partial charge in [0.15, 0.2) is 0 Å². The molecule has 0 aliphatic heterocycles. The Morgan fingerprint density at radius 1 is 1.44 bits per heavy atom. The molecule has 0 aromatic carbocycles. The second-order valence-corrected chi connectivity index (χ2v) is 5.98. The van der Waals surface area contributed by atoms with Crippen LogP contribution in [0.5, 0.6) is 0 Å². The highest BCUT2D eigenvalue weighted by molar-refractivity contribution is 7.10. The molecule has 0 radical (unpaired) electrons. The summed E-state index contributed by atoms with van der Waals surface area (Å²) in [6, 6.07) is 2.29. The zero-order valence-electron chi connectivity index (χ0n) is 9.16. The Bertz CT molecular complexity index is 464. The number of nitrogens with one attached hydrogen (secondary N) is 1. The highest BCUT2D eigenvalue weighted by Gasteiger charge is 2.09. The third kappa shape index (κ3) is 3.04. The van der Waals surface area contributed by atoms with Crippen molar-refractivity contribution in [1.29, 1.82) is 0 Å². The number of nitrogens with zero attached hydrogens (tertiary/aromatic N) is 1. The molecule has 0 aliphatic rings. The van der Waals surface area contributed by atoms with E-state index in [9.17, 15) is 0 Å². The molecule has 1 atom stereocenters. The second-order valence-electron chi connectivity index (χ2n) is 3.66. The summed E-state index contributed by atoms with van der Waals surface area (Å²) >= 11 is 9.25. The first-order chi connectivity index (χ1) is 7.65. The predicted molar refractivity (Wildman–Crippen MR) is 71.4 cm³/mol. The maximum atomic E-state index is 5.87. The zero-order valence-corrected chi connectivity index (χ0v) is 11.5. The summed E-state index contributed by atoms with van der Waals surface area (Å²) in [4.78, 5) is 5.72. The molecule has 1 unspecified atom stereocenters. The minimum Gasteiger partial charge on any atom is -0.303 e. The van der Waals surface area contributed by atoms with Crippen LogP contribution < -0.4 is 5.32 Å². The van der Waals surface area contributed by atoms with Crippen molar-refractivity contribution in [2.75, 3.05) is 0 Å². The predicted octanol–water partition coefficient (Wildman–Crippen LogP) is 4.02. The van der Waals surface area contributed by atoms with Gasteiger partial charge in [0.2, 0.25) is 0 Å². The van der Waals surface area contributed by atoms with Crippen molar-refractivity contribution in [3.8, 4) is 0 Å². The highest BCUT2D eigenvalue weighted by Crippen LogP contribution is 2.21. The van der Waals surface area contributed by atoms with Gasteiger partial charge in [-0.1, -0.05) is 11.6 Å². The number of aryl methyl sites for hydroxylation is 1. The quantitative estimate of drug-likeness (QED) is 0.909. The van der Waals surface area contributed by atoms with Crippen LogP contribution in [-0.4, -0.2) is 4.98 Å². The van der Waals surface area contributed by atoms with E-state index in [-0.39, 0.29) is 0 Å². The van der Waals surface area contributed by atoms with Crippen LogP contribution in [0.15, 0.2) is 16.8 Å². The number of rotatable bonds is 4. The molecular formula is C11H13ClN2S2. The van der Waals surface area contributed by atoms with Crippen molar-refractivity contribution < 1.29 is 0 Å². The molecule has 0 saturated carbocycles. The van der Waals surface area contributed by atoms with E-state index in [2.05, 4.69) is 22.6 Å². The standard InChI is InChI=1S/C11H13ClN2S2/c1-7-5-16-11(14-7)8(2)13-4-10-3-9(12)6-15-10/h3,5-6,8,13H,4H2,1-2H3. The number of hydrogen-bond donors (Lipinski definition) is 1. The van der Waals surface area contributed by atoms with E-state index < -0.39 is 0 Å². The van der Waals surface area contributed by atoms with Crippen LogP contribution in [0.25, 0.3) is 0 Å². The Morgan fingerprint density at radius 2 is 2.25 bits per heavy atom. The SMILES string of the molecule is Cc1csc(C(C)NCc2cc(Cl)cs2)n1. The number of hydrogen-bond acceptors (Lipinski definition) is 4. The van der Waals surface area contributed by atoms with E-state index in [0.29, 0.717) is 6.04 Å². The largest absolute Gasteiger partial charge is 0.303 e. The minimum absolute atomic E-state index is 0.291. The molecular weight excluding hydrogens is 260 g/mol. The Morgan fingerprint density at radius 3 is 2.81 bits per heavy atom. The molecule has 5 heteroatoms. The molecule has 2 aromatic rings. The second kappa shape index (κ2) is 5.27. The van der Waals surface area contributed by atoms with Gasteiger partial charge in [-0.2, -0.15) is 0 Å². The van der Waals surface area contributed by atoms with Crippen LogP contribution in [0.3, 0.4) is 0 Å². The summed E-state index contributed by atoms with van der Waals surface area (Å²) in [5, 5.41) is 9.43. The number of thiazole rings is 1. The van der Waals surface area contributed by atoms with Gasteiger partial charge in [0.05, 0.1) is 11.1 Å². The van der Waals surface area contributed by atoms with Gasteiger partial charge >= 0.3 is 0 Å². The third-order valence-electron chi connectivity index (χ3n) is 2.21. The molecule has 2 aromatic heterocycles. The molecule has 0 bridgehead atoms. The highest BCUT2D eigenvalue weighted by atomic mass is 35.5. The van der Waals surface area contributed by atoms with Crippen molar-refractivity contribution in [1.82, 2.24) is 10.3 Å². The fourth-order valence-corrected chi connectivity index (χ4v) is 3.21. The summed E-state index contributed by atoms with van der Waals surface area (Å²) < 4.78 is 0. The first-order valence-corrected chi connectivity index (χ1v) is 7.17. The molecule has 0 spiro atoms. The van der Waals surface area contributed by atoms with Gasteiger partial charge in [0.1, 0.15) is 5.01 Å². The van der Waals surface area contributed by atoms with E-state index in [1.807, 2.05) is 18.4 Å². The monoisotopic (exact) mass is 272 g/mol. The lowest BCUT2D eigenvalue weighted by atomic mass is 10.3. The smallest absolute Gasteiger partial charge is 0.110 e. The fourth-order valence-electron chi connectivity index (χ4n) is 1.36. The molecule has 0 fully saturated rings. The molecule has 2 heterocycles. The summed E-state index contributed by atoms with van der Waals surface area (Å²) in [6.45, 7) is 5.00. The van der Waals surface area contributed by atoms with E-state index in [1.165, 1.54) is 4.88 Å².